The number of carbonyl (C=O) groups is 2. The van der Waals surface area contributed by atoms with E-state index < -0.39 is 16.0 Å². The number of nitrogens with zero attached hydrogens (tertiary/aromatic N) is 1. The van der Waals surface area contributed by atoms with Gasteiger partial charge in [-0.2, -0.15) is 0 Å². The molecule has 0 radical (unpaired) electrons. The molecule has 0 heterocycles. The fraction of sp³-hybridized carbons (Fsp3) is 0.333. The topological polar surface area (TPSA) is 127 Å². The van der Waals surface area contributed by atoms with Gasteiger partial charge < -0.3 is 14.7 Å². The van der Waals surface area contributed by atoms with Gasteiger partial charge in [0.2, 0.25) is 15.9 Å². The Morgan fingerprint density at radius 3 is 2.43 bits per heavy atom. The Bertz CT molecular complexity index is 654. The molecule has 0 saturated carbocycles. The highest BCUT2D eigenvalue weighted by Gasteiger charge is 2.17. The molecule has 1 rings (SSSR count). The summed E-state index contributed by atoms with van der Waals surface area (Å²) in [6.07, 6.45) is 0.0724. The molecule has 3 N–H and O–H groups in total. The number of ether oxygens (including phenoxy) is 1. The Labute approximate surface area is 122 Å². The van der Waals surface area contributed by atoms with E-state index in [9.17, 15) is 18.0 Å². The highest BCUT2D eigenvalue weighted by Crippen LogP contribution is 2.22. The number of carboxylic acid groups (broad SMARTS) is 1. The monoisotopic (exact) mass is 316 g/mol. The standard InChI is InChI=1S/C12H16N2O6S/c1-14(2)11(15)5-6-20-10-4-3-8(21(13,18)19)7-9(10)12(16)17/h3-4,7H,5-6H2,1-2H3,(H,16,17)(H2,13,18,19). The predicted octanol–water partition coefficient (Wildman–Crippen LogP) is -0.111. The summed E-state index contributed by atoms with van der Waals surface area (Å²) in [6.45, 7) is -0.0218. The molecule has 0 spiro atoms. The molecule has 1 amide bonds. The first-order valence-corrected chi connectivity index (χ1v) is 7.40. The van der Waals surface area contributed by atoms with Gasteiger partial charge >= 0.3 is 5.97 Å². The van der Waals surface area contributed by atoms with Crippen LogP contribution in [0.3, 0.4) is 0 Å². The number of amides is 1. The molecule has 0 aliphatic carbocycles. The van der Waals surface area contributed by atoms with Crippen molar-refractivity contribution in [2.45, 2.75) is 11.3 Å². The molecular weight excluding hydrogens is 300 g/mol. The van der Waals surface area contributed by atoms with Gasteiger partial charge in [0.1, 0.15) is 11.3 Å². The largest absolute Gasteiger partial charge is 0.492 e. The number of rotatable bonds is 6. The minimum atomic E-state index is -4.00. The van der Waals surface area contributed by atoms with Gasteiger partial charge in [0.05, 0.1) is 17.9 Å². The molecule has 0 fully saturated rings. The molecule has 0 bridgehead atoms. The van der Waals surface area contributed by atoms with Crippen molar-refractivity contribution < 1.29 is 27.9 Å². The smallest absolute Gasteiger partial charge is 0.339 e. The summed E-state index contributed by atoms with van der Waals surface area (Å²) in [6, 6.07) is 3.26. The first-order chi connectivity index (χ1) is 9.62. The summed E-state index contributed by atoms with van der Waals surface area (Å²) < 4.78 is 27.6. The lowest BCUT2D eigenvalue weighted by Crippen LogP contribution is -2.23. The molecule has 1 aromatic rings. The van der Waals surface area contributed by atoms with E-state index in [-0.39, 0.29) is 35.1 Å². The molecule has 0 aliphatic heterocycles. The second kappa shape index (κ2) is 6.55. The van der Waals surface area contributed by atoms with Crippen molar-refractivity contribution in [3.05, 3.63) is 23.8 Å². The van der Waals surface area contributed by atoms with E-state index in [1.54, 1.807) is 14.1 Å². The van der Waals surface area contributed by atoms with Crippen molar-refractivity contribution in [2.75, 3.05) is 20.7 Å². The van der Waals surface area contributed by atoms with E-state index in [4.69, 9.17) is 15.0 Å². The maximum Gasteiger partial charge on any atom is 0.339 e. The number of hydrogen-bond acceptors (Lipinski definition) is 5. The van der Waals surface area contributed by atoms with Crippen LogP contribution in [-0.2, 0) is 14.8 Å². The van der Waals surface area contributed by atoms with Crippen LogP contribution in [0.15, 0.2) is 23.1 Å². The normalized spacial score (nSPS) is 11.0. The third-order valence-electron chi connectivity index (χ3n) is 2.58. The Kier molecular flexibility index (Phi) is 5.28. The number of aromatic carboxylic acids is 1. The molecule has 0 aliphatic rings. The van der Waals surface area contributed by atoms with Crippen molar-refractivity contribution in [1.29, 1.82) is 0 Å². The van der Waals surface area contributed by atoms with Gasteiger partial charge in [-0.05, 0) is 18.2 Å². The van der Waals surface area contributed by atoms with Crippen LogP contribution in [0, 0.1) is 0 Å². The molecule has 8 nitrogen and oxygen atoms in total. The summed E-state index contributed by atoms with van der Waals surface area (Å²) in [5.41, 5.74) is -0.334. The third kappa shape index (κ3) is 4.72. The lowest BCUT2D eigenvalue weighted by atomic mass is 10.2. The number of hydrogen-bond donors (Lipinski definition) is 2. The Morgan fingerprint density at radius 1 is 1.33 bits per heavy atom. The van der Waals surface area contributed by atoms with E-state index >= 15 is 0 Å². The number of primary sulfonamides is 1. The van der Waals surface area contributed by atoms with Gasteiger partial charge in [0.15, 0.2) is 0 Å². The van der Waals surface area contributed by atoms with E-state index in [0.717, 1.165) is 12.1 Å². The second-order valence-electron chi connectivity index (χ2n) is 4.39. The van der Waals surface area contributed by atoms with Gasteiger partial charge in [0.25, 0.3) is 0 Å². The molecular formula is C12H16N2O6S. The van der Waals surface area contributed by atoms with E-state index in [1.165, 1.54) is 11.0 Å². The molecule has 9 heteroatoms. The zero-order chi connectivity index (χ0) is 16.2. The molecule has 21 heavy (non-hydrogen) atoms. The van der Waals surface area contributed by atoms with Crippen molar-refractivity contribution >= 4 is 21.9 Å². The quantitative estimate of drug-likeness (QED) is 0.754. The Balaban J connectivity index is 2.93. The number of carbonyl (C=O) groups excluding carboxylic acids is 1. The maximum absolute atomic E-state index is 11.4. The highest BCUT2D eigenvalue weighted by molar-refractivity contribution is 7.89. The van der Waals surface area contributed by atoms with Crippen LogP contribution in [0.1, 0.15) is 16.8 Å². The summed E-state index contributed by atoms with van der Waals surface area (Å²) >= 11 is 0. The summed E-state index contributed by atoms with van der Waals surface area (Å²) in [7, 11) is -0.822. The molecule has 1 aromatic carbocycles. The van der Waals surface area contributed by atoms with Crippen LogP contribution in [0.5, 0.6) is 5.75 Å². The highest BCUT2D eigenvalue weighted by atomic mass is 32.2. The first-order valence-electron chi connectivity index (χ1n) is 5.86. The fourth-order valence-corrected chi connectivity index (χ4v) is 1.99. The number of sulfonamides is 1. The number of carboxylic acids is 1. The molecule has 116 valence electrons. The van der Waals surface area contributed by atoms with Gasteiger partial charge in [-0.3, -0.25) is 4.79 Å². The van der Waals surface area contributed by atoms with Gasteiger partial charge in [-0.1, -0.05) is 0 Å². The summed E-state index contributed by atoms with van der Waals surface area (Å²) in [5.74, 6) is -1.55. The Hall–Kier alpha value is -2.13. The molecule has 0 saturated heterocycles. The first kappa shape index (κ1) is 16.9. The van der Waals surface area contributed by atoms with Gasteiger partial charge in [-0.25, -0.2) is 18.4 Å². The number of benzene rings is 1. The summed E-state index contributed by atoms with van der Waals surface area (Å²) in [4.78, 5) is 23.5. The fourth-order valence-electron chi connectivity index (χ4n) is 1.45. The average molecular weight is 316 g/mol. The maximum atomic E-state index is 11.4. The van der Waals surface area contributed by atoms with Crippen LogP contribution in [0.4, 0.5) is 0 Å². The molecule has 0 unspecified atom stereocenters. The number of nitrogens with two attached hydrogens (primary N) is 1. The summed E-state index contributed by atoms with van der Waals surface area (Å²) in [5, 5.41) is 14.0. The van der Waals surface area contributed by atoms with Crippen LogP contribution in [-0.4, -0.2) is 51.0 Å². The van der Waals surface area contributed by atoms with Gasteiger partial charge in [-0.15, -0.1) is 0 Å². The van der Waals surface area contributed by atoms with Crippen LogP contribution >= 0.6 is 0 Å². The zero-order valence-corrected chi connectivity index (χ0v) is 12.4. The second-order valence-corrected chi connectivity index (χ2v) is 5.96. The lowest BCUT2D eigenvalue weighted by Gasteiger charge is -2.12. The average Bonchev–Trinajstić information content (AvgIpc) is 2.37. The van der Waals surface area contributed by atoms with Crippen molar-refractivity contribution in [3.63, 3.8) is 0 Å². The van der Waals surface area contributed by atoms with Crippen molar-refractivity contribution in [2.24, 2.45) is 5.14 Å². The minimum absolute atomic E-state index is 0.0218. The SMILES string of the molecule is CN(C)C(=O)CCOc1ccc(S(N)(=O)=O)cc1C(=O)O. The predicted molar refractivity (Wildman–Crippen MR) is 73.6 cm³/mol. The van der Waals surface area contributed by atoms with Crippen molar-refractivity contribution in [3.8, 4) is 5.75 Å². The van der Waals surface area contributed by atoms with Crippen LogP contribution in [0.2, 0.25) is 0 Å². The zero-order valence-electron chi connectivity index (χ0n) is 11.6. The van der Waals surface area contributed by atoms with Crippen LogP contribution < -0.4 is 9.88 Å². The lowest BCUT2D eigenvalue weighted by molar-refractivity contribution is -0.129. The molecule has 0 atom stereocenters. The van der Waals surface area contributed by atoms with E-state index in [1.807, 2.05) is 0 Å². The molecule has 0 aromatic heterocycles. The minimum Gasteiger partial charge on any atom is -0.492 e. The van der Waals surface area contributed by atoms with E-state index in [0.29, 0.717) is 0 Å². The van der Waals surface area contributed by atoms with Crippen molar-refractivity contribution in [1.82, 2.24) is 4.90 Å². The van der Waals surface area contributed by atoms with Crippen LogP contribution in [0.25, 0.3) is 0 Å². The van der Waals surface area contributed by atoms with E-state index in [2.05, 4.69) is 0 Å². The Morgan fingerprint density at radius 2 is 1.95 bits per heavy atom. The van der Waals surface area contributed by atoms with Gasteiger partial charge in [0, 0.05) is 14.1 Å². The third-order valence-corrected chi connectivity index (χ3v) is 3.49.